The Hall–Kier alpha value is -0.870. The quantitative estimate of drug-likeness (QED) is 0.606. The minimum absolute atomic E-state index is 0.0331. The minimum Gasteiger partial charge on any atom is -0.303 e. The number of aromatic nitrogens is 1. The first-order chi connectivity index (χ1) is 7.24. The van der Waals surface area contributed by atoms with Crippen LogP contribution in [0.15, 0.2) is 22.5 Å². The Kier molecular flexibility index (Phi) is 3.07. The molecule has 78 valence electrons. The van der Waals surface area contributed by atoms with Crippen molar-refractivity contribution in [3.63, 3.8) is 0 Å². The van der Waals surface area contributed by atoms with Crippen LogP contribution in [0.4, 0.5) is 0 Å². The van der Waals surface area contributed by atoms with Crippen LogP contribution >= 0.6 is 23.1 Å². The fraction of sp³-hybridized carbons (Fsp3) is 0.273. The summed E-state index contributed by atoms with van der Waals surface area (Å²) in [6.45, 7) is 1.91. The van der Waals surface area contributed by atoms with Gasteiger partial charge in [0.25, 0.3) is 0 Å². The van der Waals surface area contributed by atoms with Crippen molar-refractivity contribution in [1.82, 2.24) is 4.98 Å². The summed E-state index contributed by atoms with van der Waals surface area (Å²) in [4.78, 5) is 15.1. The molecule has 0 saturated carbocycles. The molecule has 0 spiro atoms. The third kappa shape index (κ3) is 2.06. The lowest BCUT2D eigenvalue weighted by Gasteiger charge is -2.02. The third-order valence-corrected chi connectivity index (χ3v) is 4.30. The van der Waals surface area contributed by atoms with E-state index in [0.717, 1.165) is 26.4 Å². The van der Waals surface area contributed by atoms with Crippen LogP contribution in [0.5, 0.6) is 0 Å². The molecule has 2 nitrogen and oxygen atoms in total. The van der Waals surface area contributed by atoms with E-state index in [1.54, 1.807) is 23.1 Å². The lowest BCUT2D eigenvalue weighted by molar-refractivity contribution is -0.108. The average molecular weight is 237 g/mol. The molecule has 0 bridgehead atoms. The van der Waals surface area contributed by atoms with Crippen molar-refractivity contribution >= 4 is 39.6 Å². The molecule has 0 aliphatic heterocycles. The van der Waals surface area contributed by atoms with Gasteiger partial charge in [-0.3, -0.25) is 0 Å². The number of nitrogens with zero attached hydrogens (tertiary/aromatic N) is 1. The first-order valence-electron chi connectivity index (χ1n) is 4.64. The molecule has 0 saturated heterocycles. The maximum absolute atomic E-state index is 10.7. The SMILES string of the molecule is CSc1nc2ccc(C(C)C=O)cc2s1. The smallest absolute Gasteiger partial charge is 0.150 e. The maximum atomic E-state index is 10.7. The summed E-state index contributed by atoms with van der Waals surface area (Å²) in [7, 11) is 0. The highest BCUT2D eigenvalue weighted by Crippen LogP contribution is 2.30. The van der Waals surface area contributed by atoms with E-state index in [0.29, 0.717) is 0 Å². The summed E-state index contributed by atoms with van der Waals surface area (Å²) in [5, 5.41) is 0. The average Bonchev–Trinajstić information content (AvgIpc) is 2.69. The number of rotatable bonds is 3. The Balaban J connectivity index is 2.50. The summed E-state index contributed by atoms with van der Waals surface area (Å²) < 4.78 is 2.23. The molecule has 0 radical (unpaired) electrons. The largest absolute Gasteiger partial charge is 0.303 e. The molecule has 0 aliphatic carbocycles. The molecule has 1 aromatic carbocycles. The molecular formula is C11H11NOS2. The van der Waals surface area contributed by atoms with Crippen LogP contribution < -0.4 is 0 Å². The summed E-state index contributed by atoms with van der Waals surface area (Å²) in [6, 6.07) is 6.03. The molecule has 0 amide bonds. The Morgan fingerprint density at radius 3 is 3.00 bits per heavy atom. The molecule has 1 heterocycles. The van der Waals surface area contributed by atoms with E-state index in [4.69, 9.17) is 0 Å². The van der Waals surface area contributed by atoms with Gasteiger partial charge in [-0.25, -0.2) is 4.98 Å². The zero-order valence-corrected chi connectivity index (χ0v) is 10.2. The Labute approximate surface area is 96.7 Å². The van der Waals surface area contributed by atoms with E-state index in [-0.39, 0.29) is 5.92 Å². The Morgan fingerprint density at radius 1 is 1.53 bits per heavy atom. The standard InChI is InChI=1S/C11H11NOS2/c1-7(6-13)8-3-4-9-10(5-8)15-11(12-9)14-2/h3-7H,1-2H3. The van der Waals surface area contributed by atoms with Crippen molar-refractivity contribution in [3.8, 4) is 0 Å². The van der Waals surface area contributed by atoms with Gasteiger partial charge in [0, 0.05) is 5.92 Å². The zero-order valence-electron chi connectivity index (χ0n) is 8.56. The van der Waals surface area contributed by atoms with Crippen LogP contribution in [0, 0.1) is 0 Å². The van der Waals surface area contributed by atoms with Crippen molar-refractivity contribution in [2.24, 2.45) is 0 Å². The highest BCUT2D eigenvalue weighted by Gasteiger charge is 2.07. The van der Waals surface area contributed by atoms with Gasteiger partial charge in [-0.15, -0.1) is 11.3 Å². The molecule has 0 fully saturated rings. The van der Waals surface area contributed by atoms with Crippen LogP contribution in [-0.2, 0) is 4.79 Å². The fourth-order valence-corrected chi connectivity index (χ4v) is 2.91. The maximum Gasteiger partial charge on any atom is 0.150 e. The van der Waals surface area contributed by atoms with Crippen LogP contribution in [0.3, 0.4) is 0 Å². The second kappa shape index (κ2) is 4.33. The fourth-order valence-electron chi connectivity index (χ4n) is 1.37. The highest BCUT2D eigenvalue weighted by molar-refractivity contribution is 8.00. The van der Waals surface area contributed by atoms with Gasteiger partial charge in [-0.2, -0.15) is 0 Å². The Bertz CT molecular complexity index is 492. The van der Waals surface area contributed by atoms with Gasteiger partial charge < -0.3 is 4.79 Å². The molecule has 1 atom stereocenters. The molecule has 1 aromatic heterocycles. The number of thioether (sulfide) groups is 1. The van der Waals surface area contributed by atoms with Crippen molar-refractivity contribution in [2.45, 2.75) is 17.2 Å². The number of thiazole rings is 1. The van der Waals surface area contributed by atoms with Crippen molar-refractivity contribution in [2.75, 3.05) is 6.26 Å². The number of benzene rings is 1. The van der Waals surface area contributed by atoms with Crippen LogP contribution in [0.2, 0.25) is 0 Å². The van der Waals surface area contributed by atoms with Crippen molar-refractivity contribution in [1.29, 1.82) is 0 Å². The lowest BCUT2D eigenvalue weighted by Crippen LogP contribution is -1.92. The molecule has 2 rings (SSSR count). The summed E-state index contributed by atoms with van der Waals surface area (Å²) in [6.07, 6.45) is 2.99. The number of hydrogen-bond acceptors (Lipinski definition) is 4. The molecule has 1 unspecified atom stereocenters. The lowest BCUT2D eigenvalue weighted by atomic mass is 10.0. The molecule has 0 N–H and O–H groups in total. The molecule has 0 aliphatic rings. The van der Waals surface area contributed by atoms with Crippen LogP contribution in [-0.4, -0.2) is 17.5 Å². The van der Waals surface area contributed by atoms with E-state index in [2.05, 4.69) is 11.1 Å². The summed E-state index contributed by atoms with van der Waals surface area (Å²) >= 11 is 3.33. The number of aldehydes is 1. The number of fused-ring (bicyclic) bond motifs is 1. The number of hydrogen-bond donors (Lipinski definition) is 0. The second-order valence-corrected chi connectivity index (χ2v) is 5.42. The Morgan fingerprint density at radius 2 is 2.33 bits per heavy atom. The highest BCUT2D eigenvalue weighted by atomic mass is 32.2. The van der Waals surface area contributed by atoms with E-state index >= 15 is 0 Å². The molecule has 2 aromatic rings. The van der Waals surface area contributed by atoms with Crippen molar-refractivity contribution < 1.29 is 4.79 Å². The normalized spacial score (nSPS) is 12.9. The van der Waals surface area contributed by atoms with Crippen LogP contribution in [0.25, 0.3) is 10.2 Å². The monoisotopic (exact) mass is 237 g/mol. The minimum atomic E-state index is -0.0331. The van der Waals surface area contributed by atoms with Gasteiger partial charge in [0.05, 0.1) is 10.2 Å². The molecule has 15 heavy (non-hydrogen) atoms. The van der Waals surface area contributed by atoms with Gasteiger partial charge in [0.15, 0.2) is 4.34 Å². The van der Waals surface area contributed by atoms with Gasteiger partial charge >= 0.3 is 0 Å². The van der Waals surface area contributed by atoms with E-state index < -0.39 is 0 Å². The van der Waals surface area contributed by atoms with Gasteiger partial charge in [0.1, 0.15) is 6.29 Å². The zero-order chi connectivity index (χ0) is 10.8. The predicted octanol–water partition coefficient (Wildman–Crippen LogP) is 3.32. The van der Waals surface area contributed by atoms with Gasteiger partial charge in [0.2, 0.25) is 0 Å². The first kappa shape index (κ1) is 10.6. The van der Waals surface area contributed by atoms with E-state index in [1.807, 2.05) is 25.3 Å². The second-order valence-electron chi connectivity index (χ2n) is 3.34. The van der Waals surface area contributed by atoms with Crippen LogP contribution in [0.1, 0.15) is 18.4 Å². The first-order valence-corrected chi connectivity index (χ1v) is 6.68. The third-order valence-electron chi connectivity index (χ3n) is 2.30. The van der Waals surface area contributed by atoms with Gasteiger partial charge in [-0.05, 0) is 24.0 Å². The molecular weight excluding hydrogens is 226 g/mol. The number of carbonyl (C=O) groups is 1. The van der Waals surface area contributed by atoms with Crippen molar-refractivity contribution in [3.05, 3.63) is 23.8 Å². The topological polar surface area (TPSA) is 30.0 Å². The van der Waals surface area contributed by atoms with E-state index in [9.17, 15) is 4.79 Å². The predicted molar refractivity (Wildman–Crippen MR) is 65.9 cm³/mol. The van der Waals surface area contributed by atoms with Gasteiger partial charge in [-0.1, -0.05) is 24.8 Å². The molecule has 4 heteroatoms. The van der Waals surface area contributed by atoms with E-state index in [1.165, 1.54) is 0 Å². The number of carbonyl (C=O) groups excluding carboxylic acids is 1. The summed E-state index contributed by atoms with van der Waals surface area (Å²) in [5.74, 6) is -0.0331. The summed E-state index contributed by atoms with van der Waals surface area (Å²) in [5.41, 5.74) is 2.08.